The van der Waals surface area contributed by atoms with Crippen molar-refractivity contribution in [3.8, 4) is 5.75 Å². The molecular weight excluding hydrogens is 372 g/mol. The number of methoxy groups -OCH3 is 1. The van der Waals surface area contributed by atoms with E-state index in [-0.39, 0.29) is 11.2 Å². The number of piperidine rings is 1. The highest BCUT2D eigenvalue weighted by Gasteiger charge is 2.55. The lowest BCUT2D eigenvalue weighted by molar-refractivity contribution is -0.189. The van der Waals surface area contributed by atoms with E-state index in [0.29, 0.717) is 0 Å². The van der Waals surface area contributed by atoms with Crippen LogP contribution in [0.25, 0.3) is 0 Å². The van der Waals surface area contributed by atoms with Crippen molar-refractivity contribution in [2.45, 2.75) is 49.9 Å². The van der Waals surface area contributed by atoms with Crippen LogP contribution in [0.5, 0.6) is 5.75 Å². The fourth-order valence-electron chi connectivity index (χ4n) is 5.27. The maximum Gasteiger partial charge on any atom is 0.118 e. The Kier molecular flexibility index (Phi) is 5.57. The molecule has 3 fully saturated rings. The molecule has 5 rings (SSSR count). The lowest BCUT2D eigenvalue weighted by Crippen LogP contribution is -2.60. The van der Waals surface area contributed by atoms with Crippen LogP contribution < -0.4 is 4.74 Å². The average Bonchev–Trinajstić information content (AvgIpc) is 3.52. The second-order valence-electron chi connectivity index (χ2n) is 9.54. The lowest BCUT2D eigenvalue weighted by Gasteiger charge is -2.50. The van der Waals surface area contributed by atoms with Crippen LogP contribution in [0.2, 0.25) is 0 Å². The molecule has 160 valence electrons. The first-order valence-electron chi connectivity index (χ1n) is 11.5. The highest BCUT2D eigenvalue weighted by Crippen LogP contribution is 2.49. The SMILES string of the molecule is COc1ccc(CN2CC3(CCN(CCc4ccccc4)CC3)OC3(CC3)C2)cc1. The number of ether oxygens (including phenoxy) is 2. The first-order chi connectivity index (χ1) is 14.7. The minimum Gasteiger partial charge on any atom is -0.497 e. The van der Waals surface area contributed by atoms with Gasteiger partial charge in [-0.1, -0.05) is 42.5 Å². The lowest BCUT2D eigenvalue weighted by atomic mass is 9.87. The van der Waals surface area contributed by atoms with Crippen LogP contribution >= 0.6 is 0 Å². The third-order valence-corrected chi connectivity index (χ3v) is 7.16. The normalized spacial score (nSPS) is 23.0. The summed E-state index contributed by atoms with van der Waals surface area (Å²) >= 11 is 0. The molecule has 0 N–H and O–H groups in total. The van der Waals surface area contributed by atoms with E-state index in [9.17, 15) is 0 Å². The minimum absolute atomic E-state index is 0.0461. The summed E-state index contributed by atoms with van der Waals surface area (Å²) < 4.78 is 12.2. The van der Waals surface area contributed by atoms with E-state index in [4.69, 9.17) is 9.47 Å². The Morgan fingerprint density at radius 1 is 0.800 bits per heavy atom. The van der Waals surface area contributed by atoms with Gasteiger partial charge < -0.3 is 14.4 Å². The number of morpholine rings is 1. The molecule has 4 heteroatoms. The first-order valence-corrected chi connectivity index (χ1v) is 11.5. The molecule has 2 spiro atoms. The zero-order valence-corrected chi connectivity index (χ0v) is 18.2. The summed E-state index contributed by atoms with van der Waals surface area (Å²) in [5, 5.41) is 0. The predicted molar refractivity (Wildman–Crippen MR) is 120 cm³/mol. The van der Waals surface area contributed by atoms with Gasteiger partial charge in [-0.3, -0.25) is 4.90 Å². The fourth-order valence-corrected chi connectivity index (χ4v) is 5.27. The van der Waals surface area contributed by atoms with Crippen molar-refractivity contribution in [1.82, 2.24) is 9.80 Å². The van der Waals surface area contributed by atoms with E-state index in [1.807, 2.05) is 0 Å². The summed E-state index contributed by atoms with van der Waals surface area (Å²) in [6.45, 7) is 6.61. The molecule has 4 nitrogen and oxygen atoms in total. The van der Waals surface area contributed by atoms with Gasteiger partial charge in [0.15, 0.2) is 0 Å². The van der Waals surface area contributed by atoms with Gasteiger partial charge in [-0.05, 0) is 55.4 Å². The Bertz CT molecular complexity index is 824. The summed E-state index contributed by atoms with van der Waals surface area (Å²) in [5.41, 5.74) is 2.99. The summed E-state index contributed by atoms with van der Waals surface area (Å²) in [6.07, 6.45) is 5.91. The van der Waals surface area contributed by atoms with E-state index >= 15 is 0 Å². The number of hydrogen-bond donors (Lipinski definition) is 0. The summed E-state index contributed by atoms with van der Waals surface area (Å²) in [4.78, 5) is 5.28. The van der Waals surface area contributed by atoms with Gasteiger partial charge in [0.1, 0.15) is 5.75 Å². The van der Waals surface area contributed by atoms with Gasteiger partial charge in [0.25, 0.3) is 0 Å². The number of rotatable bonds is 6. The van der Waals surface area contributed by atoms with E-state index < -0.39 is 0 Å². The van der Waals surface area contributed by atoms with E-state index in [1.165, 1.54) is 24.0 Å². The van der Waals surface area contributed by atoms with Gasteiger partial charge in [0.05, 0.1) is 18.3 Å². The van der Waals surface area contributed by atoms with E-state index in [0.717, 1.165) is 64.3 Å². The highest BCUT2D eigenvalue weighted by molar-refractivity contribution is 5.27. The first kappa shape index (κ1) is 20.0. The third-order valence-electron chi connectivity index (χ3n) is 7.16. The van der Waals surface area contributed by atoms with Gasteiger partial charge in [-0.25, -0.2) is 0 Å². The Balaban J connectivity index is 1.19. The van der Waals surface area contributed by atoms with Crippen LogP contribution in [0.15, 0.2) is 54.6 Å². The van der Waals surface area contributed by atoms with E-state index in [1.54, 1.807) is 7.11 Å². The molecule has 3 aliphatic rings. The summed E-state index contributed by atoms with van der Waals surface area (Å²) in [6, 6.07) is 19.4. The zero-order valence-electron chi connectivity index (χ0n) is 18.2. The molecule has 2 aliphatic heterocycles. The molecule has 0 atom stereocenters. The largest absolute Gasteiger partial charge is 0.497 e. The summed E-state index contributed by atoms with van der Waals surface area (Å²) in [7, 11) is 1.73. The van der Waals surface area contributed by atoms with Crippen molar-refractivity contribution in [1.29, 1.82) is 0 Å². The van der Waals surface area contributed by atoms with Gasteiger partial charge in [-0.15, -0.1) is 0 Å². The summed E-state index contributed by atoms with van der Waals surface area (Å²) in [5.74, 6) is 0.929. The van der Waals surface area contributed by atoms with E-state index in [2.05, 4.69) is 64.4 Å². The van der Waals surface area contributed by atoms with Crippen molar-refractivity contribution in [3.05, 3.63) is 65.7 Å². The molecule has 1 aliphatic carbocycles. The van der Waals surface area contributed by atoms with Crippen molar-refractivity contribution in [2.24, 2.45) is 0 Å². The van der Waals surface area contributed by atoms with Crippen LogP contribution in [0, 0.1) is 0 Å². The van der Waals surface area contributed by atoms with Crippen LogP contribution in [0.3, 0.4) is 0 Å². The Hall–Kier alpha value is -1.88. The molecular formula is C26H34N2O2. The van der Waals surface area contributed by atoms with Gasteiger partial charge >= 0.3 is 0 Å². The Labute approximate surface area is 180 Å². The maximum atomic E-state index is 6.84. The molecule has 0 aromatic heterocycles. The van der Waals surface area contributed by atoms with Crippen molar-refractivity contribution in [3.63, 3.8) is 0 Å². The monoisotopic (exact) mass is 406 g/mol. The van der Waals surface area contributed by atoms with Crippen molar-refractivity contribution >= 4 is 0 Å². The second kappa shape index (κ2) is 8.33. The number of nitrogens with zero attached hydrogens (tertiary/aromatic N) is 2. The molecule has 2 aromatic carbocycles. The van der Waals surface area contributed by atoms with Crippen LogP contribution in [0.1, 0.15) is 36.8 Å². The van der Waals surface area contributed by atoms with Gasteiger partial charge in [-0.2, -0.15) is 0 Å². The molecule has 2 heterocycles. The van der Waals surface area contributed by atoms with Gasteiger partial charge in [0.2, 0.25) is 0 Å². The molecule has 2 aromatic rings. The van der Waals surface area contributed by atoms with Crippen LogP contribution in [-0.2, 0) is 17.7 Å². The quantitative estimate of drug-likeness (QED) is 0.720. The van der Waals surface area contributed by atoms with Crippen LogP contribution in [0.4, 0.5) is 0 Å². The molecule has 2 saturated heterocycles. The molecule has 1 saturated carbocycles. The smallest absolute Gasteiger partial charge is 0.118 e. The average molecular weight is 407 g/mol. The second-order valence-corrected chi connectivity index (χ2v) is 9.54. The third kappa shape index (κ3) is 4.56. The maximum absolute atomic E-state index is 6.84. The number of benzene rings is 2. The fraction of sp³-hybridized carbons (Fsp3) is 0.538. The zero-order chi connectivity index (χ0) is 20.4. The topological polar surface area (TPSA) is 24.9 Å². The molecule has 30 heavy (non-hydrogen) atoms. The minimum atomic E-state index is 0.0461. The van der Waals surface area contributed by atoms with Crippen molar-refractivity contribution in [2.75, 3.05) is 39.8 Å². The number of likely N-dealkylation sites (tertiary alicyclic amines) is 1. The standard InChI is InChI=1S/C26H34N2O2/c1-29-24-9-7-23(8-10-24)19-28-20-25(12-13-25)30-26(21-28)14-17-27(18-15-26)16-11-22-5-3-2-4-6-22/h2-10H,11-21H2,1H3. The van der Waals surface area contributed by atoms with Crippen LogP contribution in [-0.4, -0.2) is 60.8 Å². The Morgan fingerprint density at radius 3 is 2.10 bits per heavy atom. The highest BCUT2D eigenvalue weighted by atomic mass is 16.5. The molecule has 0 unspecified atom stereocenters. The molecule has 0 radical (unpaired) electrons. The molecule has 0 bridgehead atoms. The van der Waals surface area contributed by atoms with Crippen molar-refractivity contribution < 1.29 is 9.47 Å². The van der Waals surface area contributed by atoms with Gasteiger partial charge in [0, 0.05) is 39.3 Å². The Morgan fingerprint density at radius 2 is 1.47 bits per heavy atom. The predicted octanol–water partition coefficient (Wildman–Crippen LogP) is 4.14. The molecule has 0 amide bonds. The number of hydrogen-bond acceptors (Lipinski definition) is 4.